The van der Waals surface area contributed by atoms with Crippen LogP contribution >= 0.6 is 0 Å². The van der Waals surface area contributed by atoms with E-state index in [0.717, 1.165) is 12.1 Å². The largest absolute Gasteiger partial charge is 0.573 e. The highest BCUT2D eigenvalue weighted by Crippen LogP contribution is 2.46. The van der Waals surface area contributed by atoms with E-state index in [4.69, 9.17) is 14.2 Å². The molecule has 0 saturated heterocycles. The number of aromatic amines is 1. The number of hydrogen-bond donors (Lipinski definition) is 2. The van der Waals surface area contributed by atoms with Gasteiger partial charge in [-0.25, -0.2) is 0 Å². The maximum absolute atomic E-state index is 12.6. The van der Waals surface area contributed by atoms with Gasteiger partial charge in [-0.1, -0.05) is 0 Å². The highest BCUT2D eigenvalue weighted by atomic mass is 19.4. The summed E-state index contributed by atoms with van der Waals surface area (Å²) in [6, 6.07) is 6.94. The molecule has 0 radical (unpaired) electrons. The number of rotatable bonds is 7. The molecule has 0 fully saturated rings. The van der Waals surface area contributed by atoms with Crippen LogP contribution in [0.5, 0.6) is 23.0 Å². The van der Waals surface area contributed by atoms with Crippen LogP contribution in [0.3, 0.4) is 0 Å². The molecule has 0 saturated carbocycles. The Bertz CT molecular complexity index is 1090. The van der Waals surface area contributed by atoms with Crippen LogP contribution in [-0.2, 0) is 11.2 Å². The fourth-order valence-corrected chi connectivity index (χ4v) is 3.29. The van der Waals surface area contributed by atoms with Gasteiger partial charge in [0.15, 0.2) is 11.5 Å². The lowest BCUT2D eigenvalue weighted by Crippen LogP contribution is -2.17. The highest BCUT2D eigenvalue weighted by molar-refractivity contribution is 5.96. The van der Waals surface area contributed by atoms with Gasteiger partial charge in [-0.15, -0.1) is 13.2 Å². The van der Waals surface area contributed by atoms with Crippen molar-refractivity contribution in [2.24, 2.45) is 0 Å². The molecule has 0 unspecified atom stereocenters. The van der Waals surface area contributed by atoms with Crippen LogP contribution in [-0.4, -0.2) is 43.8 Å². The molecule has 10 heteroatoms. The van der Waals surface area contributed by atoms with Crippen LogP contribution in [0.15, 0.2) is 30.3 Å². The SMILES string of the molecule is COc1ccc(-c2[nH]c3ccc(OC(F)(F)F)cc3c2CC(=O)O)c(OC)c1OC. The summed E-state index contributed by atoms with van der Waals surface area (Å²) in [4.78, 5) is 14.5. The summed E-state index contributed by atoms with van der Waals surface area (Å²) >= 11 is 0. The number of alkyl halides is 3. The number of nitrogens with one attached hydrogen (secondary N) is 1. The molecule has 0 amide bonds. The molecule has 2 N–H and O–H groups in total. The van der Waals surface area contributed by atoms with E-state index in [0.29, 0.717) is 28.3 Å². The maximum atomic E-state index is 12.6. The van der Waals surface area contributed by atoms with Gasteiger partial charge in [0.1, 0.15) is 5.75 Å². The Kier molecular flexibility index (Phi) is 5.68. The number of hydrogen-bond acceptors (Lipinski definition) is 5. The topological polar surface area (TPSA) is 90.0 Å². The molecule has 0 aliphatic carbocycles. The summed E-state index contributed by atoms with van der Waals surface area (Å²) in [5.41, 5.74) is 1.54. The van der Waals surface area contributed by atoms with E-state index in [9.17, 15) is 23.1 Å². The van der Waals surface area contributed by atoms with Crippen LogP contribution in [0.4, 0.5) is 13.2 Å². The lowest BCUT2D eigenvalue weighted by Gasteiger charge is -2.16. The molecular weight excluding hydrogens is 407 g/mol. The minimum Gasteiger partial charge on any atom is -0.493 e. The molecule has 3 rings (SSSR count). The second-order valence-corrected chi connectivity index (χ2v) is 6.19. The first-order valence-electron chi connectivity index (χ1n) is 8.60. The van der Waals surface area contributed by atoms with Crippen molar-refractivity contribution in [3.63, 3.8) is 0 Å². The average molecular weight is 425 g/mol. The van der Waals surface area contributed by atoms with E-state index in [-0.39, 0.29) is 16.7 Å². The lowest BCUT2D eigenvalue weighted by atomic mass is 10.0. The summed E-state index contributed by atoms with van der Waals surface area (Å²) < 4.78 is 57.9. The Morgan fingerprint density at radius 1 is 1.03 bits per heavy atom. The summed E-state index contributed by atoms with van der Waals surface area (Å²) in [5, 5.41) is 9.66. The van der Waals surface area contributed by atoms with Crippen LogP contribution in [0.1, 0.15) is 5.56 Å². The fourth-order valence-electron chi connectivity index (χ4n) is 3.29. The van der Waals surface area contributed by atoms with Gasteiger partial charge in [0.05, 0.1) is 33.4 Å². The van der Waals surface area contributed by atoms with Gasteiger partial charge in [-0.05, 0) is 35.9 Å². The van der Waals surface area contributed by atoms with E-state index in [2.05, 4.69) is 9.72 Å². The Morgan fingerprint density at radius 2 is 1.73 bits per heavy atom. The minimum atomic E-state index is -4.87. The number of carbonyl (C=O) groups is 1. The number of carboxylic acid groups (broad SMARTS) is 1. The Balaban J connectivity index is 2.27. The number of carboxylic acids is 1. The Labute approximate surface area is 168 Å². The van der Waals surface area contributed by atoms with Gasteiger partial charge >= 0.3 is 12.3 Å². The van der Waals surface area contributed by atoms with E-state index in [1.54, 1.807) is 12.1 Å². The van der Waals surface area contributed by atoms with E-state index in [1.807, 2.05) is 0 Å². The molecule has 0 aliphatic heterocycles. The van der Waals surface area contributed by atoms with Crippen molar-refractivity contribution in [2.45, 2.75) is 12.8 Å². The van der Waals surface area contributed by atoms with E-state index in [1.165, 1.54) is 27.4 Å². The van der Waals surface area contributed by atoms with Crippen LogP contribution < -0.4 is 18.9 Å². The zero-order valence-electron chi connectivity index (χ0n) is 16.2. The molecule has 160 valence electrons. The first-order chi connectivity index (χ1) is 14.2. The molecule has 30 heavy (non-hydrogen) atoms. The first-order valence-corrected chi connectivity index (χ1v) is 8.60. The van der Waals surface area contributed by atoms with Crippen molar-refractivity contribution < 1.29 is 42.0 Å². The summed E-state index contributed by atoms with van der Waals surface area (Å²) in [5.74, 6) is -0.639. The highest BCUT2D eigenvalue weighted by Gasteiger charge is 2.31. The standard InChI is InChI=1S/C20H18F3NO6/c1-27-15-7-5-11(18(28-2)19(15)29-3)17-13(9-16(25)26)12-8-10(30-20(21,22)23)4-6-14(12)24-17/h4-8,24H,9H2,1-3H3,(H,25,26). The molecule has 1 aromatic heterocycles. The predicted octanol–water partition coefficient (Wildman–Crippen LogP) is 4.39. The summed E-state index contributed by atoms with van der Waals surface area (Å²) in [6.07, 6.45) is -5.31. The zero-order valence-corrected chi connectivity index (χ0v) is 16.2. The Hall–Kier alpha value is -3.56. The normalized spacial score (nSPS) is 11.4. The van der Waals surface area contributed by atoms with Crippen molar-refractivity contribution in [2.75, 3.05) is 21.3 Å². The third-order valence-corrected chi connectivity index (χ3v) is 4.41. The van der Waals surface area contributed by atoms with E-state index >= 15 is 0 Å². The van der Waals surface area contributed by atoms with Crippen LogP contribution in [0.25, 0.3) is 22.2 Å². The van der Waals surface area contributed by atoms with Gasteiger partial charge in [0.2, 0.25) is 5.75 Å². The number of fused-ring (bicyclic) bond motifs is 1. The summed E-state index contributed by atoms with van der Waals surface area (Å²) in [6.45, 7) is 0. The van der Waals surface area contributed by atoms with Gasteiger partial charge in [0, 0.05) is 16.5 Å². The number of halogens is 3. The van der Waals surface area contributed by atoms with E-state index < -0.39 is 24.5 Å². The second kappa shape index (κ2) is 8.05. The number of ether oxygens (including phenoxy) is 4. The van der Waals surface area contributed by atoms with Gasteiger partial charge in [-0.3, -0.25) is 4.79 Å². The van der Waals surface area contributed by atoms with Gasteiger partial charge in [-0.2, -0.15) is 0 Å². The number of H-pyrrole nitrogens is 1. The number of aliphatic carboxylic acids is 1. The third-order valence-electron chi connectivity index (χ3n) is 4.41. The smallest absolute Gasteiger partial charge is 0.493 e. The molecule has 7 nitrogen and oxygen atoms in total. The van der Waals surface area contributed by atoms with Crippen molar-refractivity contribution in [1.29, 1.82) is 0 Å². The van der Waals surface area contributed by atoms with Crippen LogP contribution in [0.2, 0.25) is 0 Å². The third kappa shape index (κ3) is 4.07. The number of benzene rings is 2. The zero-order chi connectivity index (χ0) is 22.1. The predicted molar refractivity (Wildman–Crippen MR) is 101 cm³/mol. The van der Waals surface area contributed by atoms with Crippen molar-refractivity contribution in [3.05, 3.63) is 35.9 Å². The van der Waals surface area contributed by atoms with Gasteiger partial charge < -0.3 is 29.0 Å². The van der Waals surface area contributed by atoms with Gasteiger partial charge in [0.25, 0.3) is 0 Å². The fraction of sp³-hybridized carbons (Fsp3) is 0.250. The maximum Gasteiger partial charge on any atom is 0.573 e. The van der Waals surface area contributed by atoms with Crippen molar-refractivity contribution in [1.82, 2.24) is 4.98 Å². The first kappa shape index (κ1) is 21.2. The molecule has 1 heterocycles. The second-order valence-electron chi connectivity index (χ2n) is 6.19. The molecule has 3 aromatic rings. The molecule has 0 atom stereocenters. The lowest BCUT2D eigenvalue weighted by molar-refractivity contribution is -0.274. The van der Waals surface area contributed by atoms with Crippen molar-refractivity contribution >= 4 is 16.9 Å². The molecule has 0 spiro atoms. The van der Waals surface area contributed by atoms with Crippen molar-refractivity contribution in [3.8, 4) is 34.3 Å². The number of aromatic nitrogens is 1. The monoisotopic (exact) mass is 425 g/mol. The average Bonchev–Trinajstić information content (AvgIpc) is 3.02. The molecular formula is C20H18F3NO6. The molecule has 0 bridgehead atoms. The molecule has 0 aliphatic rings. The quantitative estimate of drug-likeness (QED) is 0.584. The van der Waals surface area contributed by atoms with Crippen LogP contribution in [0, 0.1) is 0 Å². The Morgan fingerprint density at radius 3 is 2.30 bits per heavy atom. The number of methoxy groups -OCH3 is 3. The summed E-state index contributed by atoms with van der Waals surface area (Å²) in [7, 11) is 4.29. The molecule has 2 aromatic carbocycles. The minimum absolute atomic E-state index is 0.274.